The van der Waals surface area contributed by atoms with Crippen LogP contribution in [0.4, 0.5) is 21.0 Å². The minimum Gasteiger partial charge on any atom is -0.760 e. The molecule has 266 valence electrons. The van der Waals surface area contributed by atoms with Crippen molar-refractivity contribution in [1.82, 2.24) is 19.0 Å². The molecule has 0 saturated carbocycles. The van der Waals surface area contributed by atoms with Gasteiger partial charge in [0.05, 0.1) is 0 Å². The summed E-state index contributed by atoms with van der Waals surface area (Å²) in [6, 6.07) is 11.7. The molecule has 0 bridgehead atoms. The normalized spacial score (nSPS) is 21.4. The highest BCUT2D eigenvalue weighted by Crippen LogP contribution is 2.33. The molecule has 2 aromatic rings. The number of nitrogens with zero attached hydrogens (tertiary/aromatic N) is 4. The Labute approximate surface area is 291 Å². The number of ether oxygens (including phenoxy) is 1. The second-order valence-corrected chi connectivity index (χ2v) is 15.1. The summed E-state index contributed by atoms with van der Waals surface area (Å²) in [5.41, 5.74) is 11.6. The van der Waals surface area contributed by atoms with Gasteiger partial charge in [0.15, 0.2) is 6.10 Å². The summed E-state index contributed by atoms with van der Waals surface area (Å²) < 4.78 is 30.2. The van der Waals surface area contributed by atoms with Crippen molar-refractivity contribution in [2.45, 2.75) is 77.4 Å². The number of hydrogen-bond acceptors (Lipinski definition) is 7. The SMILES string of the molecule is Cc1cc(C[C@@H](OC(=O)N2CCC(N3CCc4ccccc4NC3=O)CC2)C(=O)N2CCC(C3CCN(S(=O)[O-])CC3)CC2)cc(C)c1N. The van der Waals surface area contributed by atoms with E-state index in [0.717, 1.165) is 60.0 Å². The highest BCUT2D eigenvalue weighted by Gasteiger charge is 2.37. The zero-order valence-corrected chi connectivity index (χ0v) is 29.4. The molecule has 4 aliphatic rings. The molecule has 0 radical (unpaired) electrons. The number of carbonyl (C=O) groups excluding carboxylic acids is 3. The first-order chi connectivity index (χ1) is 23.6. The molecule has 0 aliphatic carbocycles. The van der Waals surface area contributed by atoms with Crippen molar-refractivity contribution in [2.24, 2.45) is 11.8 Å². The highest BCUT2D eigenvalue weighted by molar-refractivity contribution is 7.76. The molecule has 4 heterocycles. The second kappa shape index (κ2) is 15.5. The molecule has 1 unspecified atom stereocenters. The van der Waals surface area contributed by atoms with E-state index < -0.39 is 23.5 Å². The summed E-state index contributed by atoms with van der Waals surface area (Å²) in [7, 11) is 0. The summed E-state index contributed by atoms with van der Waals surface area (Å²) in [6.07, 6.45) is 4.18. The van der Waals surface area contributed by atoms with E-state index in [2.05, 4.69) is 5.32 Å². The van der Waals surface area contributed by atoms with E-state index in [0.29, 0.717) is 76.2 Å². The van der Waals surface area contributed by atoms with Crippen LogP contribution >= 0.6 is 0 Å². The molecule has 4 amide bonds. The van der Waals surface area contributed by atoms with Crippen LogP contribution in [-0.4, -0.2) is 104 Å². The summed E-state index contributed by atoms with van der Waals surface area (Å²) in [5.74, 6) is 0.702. The van der Waals surface area contributed by atoms with Crippen LogP contribution in [0.3, 0.4) is 0 Å². The van der Waals surface area contributed by atoms with Crippen LogP contribution in [0.25, 0.3) is 0 Å². The molecule has 13 heteroatoms. The molecule has 2 aromatic carbocycles. The van der Waals surface area contributed by atoms with Crippen LogP contribution in [0.5, 0.6) is 0 Å². The number of hydrogen-bond donors (Lipinski definition) is 2. The molecular weight excluding hydrogens is 644 g/mol. The number of fused-ring (bicyclic) bond motifs is 1. The van der Waals surface area contributed by atoms with E-state index in [4.69, 9.17) is 10.5 Å². The third-order valence-corrected chi connectivity index (χ3v) is 11.9. The van der Waals surface area contributed by atoms with Crippen molar-refractivity contribution in [1.29, 1.82) is 0 Å². The lowest BCUT2D eigenvalue weighted by atomic mass is 9.79. The minimum absolute atomic E-state index is 0.00695. The Kier molecular flexibility index (Phi) is 11.1. The zero-order chi connectivity index (χ0) is 34.7. The quantitative estimate of drug-likeness (QED) is 0.325. The van der Waals surface area contributed by atoms with Crippen molar-refractivity contribution in [2.75, 3.05) is 56.9 Å². The molecular formula is C36H49N6O6S-. The number of amides is 4. The van der Waals surface area contributed by atoms with Crippen LogP contribution in [0.2, 0.25) is 0 Å². The average molecular weight is 694 g/mol. The number of benzene rings is 2. The molecule has 3 saturated heterocycles. The lowest BCUT2D eigenvalue weighted by molar-refractivity contribution is -0.142. The number of nitrogens with two attached hydrogens (primary N) is 1. The molecule has 2 atom stereocenters. The Balaban J connectivity index is 1.07. The molecule has 49 heavy (non-hydrogen) atoms. The van der Waals surface area contributed by atoms with Gasteiger partial charge in [0.1, 0.15) is 0 Å². The van der Waals surface area contributed by atoms with Crippen molar-refractivity contribution in [3.63, 3.8) is 0 Å². The molecule has 12 nitrogen and oxygen atoms in total. The monoisotopic (exact) mass is 693 g/mol. The van der Waals surface area contributed by atoms with Crippen LogP contribution in [-0.2, 0) is 33.6 Å². The summed E-state index contributed by atoms with van der Waals surface area (Å²) >= 11 is -2.17. The average Bonchev–Trinajstić information content (AvgIpc) is 3.28. The Morgan fingerprint density at radius 3 is 2.14 bits per heavy atom. The first-order valence-corrected chi connectivity index (χ1v) is 18.7. The predicted molar refractivity (Wildman–Crippen MR) is 187 cm³/mol. The maximum absolute atomic E-state index is 14.1. The lowest BCUT2D eigenvalue weighted by Gasteiger charge is -2.41. The van der Waals surface area contributed by atoms with E-state index in [1.54, 1.807) is 4.90 Å². The minimum atomic E-state index is -2.17. The van der Waals surface area contributed by atoms with Crippen LogP contribution < -0.4 is 11.1 Å². The highest BCUT2D eigenvalue weighted by atomic mass is 32.2. The number of piperidine rings is 3. The number of nitrogen functional groups attached to an aromatic ring is 1. The van der Waals surface area contributed by atoms with Gasteiger partial charge in [-0.2, -0.15) is 0 Å². The number of aryl methyl sites for hydroxylation is 2. The third kappa shape index (κ3) is 8.21. The zero-order valence-electron chi connectivity index (χ0n) is 28.6. The van der Waals surface area contributed by atoms with Gasteiger partial charge in [-0.1, -0.05) is 30.3 Å². The number of urea groups is 1. The first kappa shape index (κ1) is 35.2. The number of carbonyl (C=O) groups is 3. The van der Waals surface area contributed by atoms with Gasteiger partial charge < -0.3 is 35.0 Å². The van der Waals surface area contributed by atoms with Crippen LogP contribution in [0.1, 0.15) is 60.8 Å². The van der Waals surface area contributed by atoms with Gasteiger partial charge in [0.25, 0.3) is 5.91 Å². The third-order valence-electron chi connectivity index (χ3n) is 11.1. The van der Waals surface area contributed by atoms with E-state index in [-0.39, 0.29) is 24.4 Å². The number of anilines is 2. The Hall–Kier alpha value is -3.68. The van der Waals surface area contributed by atoms with Gasteiger partial charge in [-0.3, -0.25) is 9.00 Å². The number of rotatable bonds is 7. The topological polar surface area (TPSA) is 152 Å². The molecule has 3 fully saturated rings. The van der Waals surface area contributed by atoms with Gasteiger partial charge in [-0.25, -0.2) is 13.9 Å². The van der Waals surface area contributed by atoms with Gasteiger partial charge >= 0.3 is 12.1 Å². The van der Waals surface area contributed by atoms with E-state index in [9.17, 15) is 23.1 Å². The standard InChI is InChI=1S/C36H50N6O6S/c1-24-21-26(22-25(2)33(24)37)23-32(34(43)39-14-7-27(8-15-39)28-9-18-41(19-10-28)49(46)47)48-36(45)40-16-12-30(13-17-40)42-20-11-29-5-3-4-6-31(29)38-35(42)44/h3-6,21-22,27-28,30,32H,7-20,23,37H2,1-2H3,(H,38,44)(H,46,47)/p-1/t32-/m1/s1. The van der Waals surface area contributed by atoms with Gasteiger partial charge in [-0.05, 0) is 98.9 Å². The fraction of sp³-hybridized carbons (Fsp3) is 0.583. The smallest absolute Gasteiger partial charge is 0.410 e. The van der Waals surface area contributed by atoms with Crippen LogP contribution in [0, 0.1) is 25.7 Å². The van der Waals surface area contributed by atoms with Gasteiger partial charge in [0, 0.05) is 80.9 Å². The van der Waals surface area contributed by atoms with Crippen LogP contribution in [0.15, 0.2) is 36.4 Å². The van der Waals surface area contributed by atoms with Crippen molar-refractivity contribution in [3.05, 3.63) is 58.7 Å². The number of likely N-dealkylation sites (tertiary alicyclic amines) is 2. The lowest BCUT2D eigenvalue weighted by Crippen LogP contribution is -2.52. The summed E-state index contributed by atoms with van der Waals surface area (Å²) in [6.45, 7) is 7.63. The Morgan fingerprint density at radius 2 is 1.51 bits per heavy atom. The Morgan fingerprint density at radius 1 is 0.918 bits per heavy atom. The second-order valence-electron chi connectivity index (χ2n) is 14.1. The largest absolute Gasteiger partial charge is 0.760 e. The maximum Gasteiger partial charge on any atom is 0.410 e. The van der Waals surface area contributed by atoms with Crippen molar-refractivity contribution >= 4 is 40.7 Å². The van der Waals surface area contributed by atoms with Crippen molar-refractivity contribution < 1.29 is 27.9 Å². The number of para-hydroxylation sites is 1. The molecule has 0 spiro atoms. The predicted octanol–water partition coefficient (Wildman–Crippen LogP) is 4.23. The summed E-state index contributed by atoms with van der Waals surface area (Å²) in [5, 5.41) is 3.04. The molecule has 3 N–H and O–H groups in total. The summed E-state index contributed by atoms with van der Waals surface area (Å²) in [4.78, 5) is 46.2. The van der Waals surface area contributed by atoms with E-state index in [1.165, 1.54) is 4.31 Å². The fourth-order valence-electron chi connectivity index (χ4n) is 8.16. The van der Waals surface area contributed by atoms with E-state index >= 15 is 0 Å². The molecule has 4 aliphatic heterocycles. The number of nitrogens with one attached hydrogen (secondary N) is 1. The van der Waals surface area contributed by atoms with Crippen molar-refractivity contribution in [3.8, 4) is 0 Å². The van der Waals surface area contributed by atoms with Gasteiger partial charge in [-0.15, -0.1) is 0 Å². The maximum atomic E-state index is 14.1. The van der Waals surface area contributed by atoms with Gasteiger partial charge in [0.2, 0.25) is 0 Å². The first-order valence-electron chi connectivity index (χ1n) is 17.7. The Bertz CT molecular complexity index is 1530. The molecule has 0 aromatic heterocycles. The fourth-order valence-corrected chi connectivity index (χ4v) is 8.67. The van der Waals surface area contributed by atoms with E-state index in [1.807, 2.05) is 60.0 Å². The molecule has 6 rings (SSSR count).